The number of hydrogen-bond acceptors (Lipinski definition) is 1. The molecule has 0 radical (unpaired) electrons. The highest BCUT2D eigenvalue weighted by Gasteiger charge is 2.16. The van der Waals surface area contributed by atoms with Crippen LogP contribution in [0.25, 0.3) is 0 Å². The minimum atomic E-state index is -0.147. The number of urea groups is 1. The topological polar surface area (TPSA) is 41.1 Å². The van der Waals surface area contributed by atoms with E-state index in [4.69, 9.17) is 6.42 Å². The first-order chi connectivity index (χ1) is 8.28. The van der Waals surface area contributed by atoms with E-state index in [0.717, 1.165) is 24.1 Å². The molecular formula is C14H16N2O. The van der Waals surface area contributed by atoms with Gasteiger partial charge in [-0.15, -0.1) is 6.42 Å². The molecule has 0 unspecified atom stereocenters. The van der Waals surface area contributed by atoms with Gasteiger partial charge in [0.25, 0.3) is 0 Å². The summed E-state index contributed by atoms with van der Waals surface area (Å²) < 4.78 is 0. The molecule has 0 saturated heterocycles. The average molecular weight is 228 g/mol. The van der Waals surface area contributed by atoms with Gasteiger partial charge in [0.2, 0.25) is 0 Å². The molecule has 1 saturated carbocycles. The molecule has 1 aromatic carbocycles. The molecule has 17 heavy (non-hydrogen) atoms. The van der Waals surface area contributed by atoms with Gasteiger partial charge in [0, 0.05) is 17.3 Å². The molecule has 2 amide bonds. The highest BCUT2D eigenvalue weighted by molar-refractivity contribution is 5.89. The number of hydrogen-bond donors (Lipinski definition) is 2. The summed E-state index contributed by atoms with van der Waals surface area (Å²) in [4.78, 5) is 11.7. The summed E-state index contributed by atoms with van der Waals surface area (Å²) in [7, 11) is 0. The van der Waals surface area contributed by atoms with Gasteiger partial charge in [0.05, 0.1) is 0 Å². The Morgan fingerprint density at radius 2 is 2.12 bits per heavy atom. The van der Waals surface area contributed by atoms with E-state index >= 15 is 0 Å². The van der Waals surface area contributed by atoms with Gasteiger partial charge in [0.15, 0.2) is 0 Å². The predicted octanol–water partition coefficient (Wildman–Crippen LogP) is 2.73. The molecule has 1 fully saturated rings. The Bertz CT molecular complexity index is 442. The fourth-order valence-corrected chi connectivity index (χ4v) is 2.11. The van der Waals surface area contributed by atoms with Gasteiger partial charge in [-0.05, 0) is 31.0 Å². The van der Waals surface area contributed by atoms with E-state index in [2.05, 4.69) is 16.6 Å². The van der Waals surface area contributed by atoms with E-state index in [1.165, 1.54) is 12.8 Å². The molecule has 0 bridgehead atoms. The maximum Gasteiger partial charge on any atom is 0.319 e. The van der Waals surface area contributed by atoms with Crippen molar-refractivity contribution >= 4 is 11.7 Å². The van der Waals surface area contributed by atoms with Gasteiger partial charge < -0.3 is 10.6 Å². The molecule has 1 aliphatic rings. The number of terminal acetylenes is 1. The standard InChI is InChI=1S/C14H16N2O/c1-2-11-6-5-9-13(10-11)16-14(17)15-12-7-3-4-8-12/h1,5-6,9-10,12H,3-4,7-8H2,(H2,15,16,17). The van der Waals surface area contributed by atoms with Crippen LogP contribution in [0.4, 0.5) is 10.5 Å². The molecule has 0 aliphatic heterocycles. The van der Waals surface area contributed by atoms with Crippen LogP contribution in [-0.4, -0.2) is 12.1 Å². The van der Waals surface area contributed by atoms with Crippen molar-refractivity contribution in [2.45, 2.75) is 31.7 Å². The van der Waals surface area contributed by atoms with Crippen molar-refractivity contribution in [3.05, 3.63) is 29.8 Å². The first kappa shape index (κ1) is 11.5. The Kier molecular flexibility index (Phi) is 3.66. The van der Waals surface area contributed by atoms with E-state index in [-0.39, 0.29) is 6.03 Å². The first-order valence-electron chi connectivity index (χ1n) is 5.92. The third-order valence-electron chi connectivity index (χ3n) is 2.98. The molecule has 0 heterocycles. The van der Waals surface area contributed by atoms with Gasteiger partial charge in [-0.1, -0.05) is 24.8 Å². The van der Waals surface area contributed by atoms with Crippen LogP contribution in [0, 0.1) is 12.3 Å². The number of anilines is 1. The Hall–Kier alpha value is -1.95. The summed E-state index contributed by atoms with van der Waals surface area (Å²) in [5.74, 6) is 2.54. The molecule has 2 rings (SSSR count). The lowest BCUT2D eigenvalue weighted by molar-refractivity contribution is 0.248. The Balaban J connectivity index is 1.91. The maximum absolute atomic E-state index is 11.7. The van der Waals surface area contributed by atoms with Gasteiger partial charge in [0.1, 0.15) is 0 Å². The summed E-state index contributed by atoms with van der Waals surface area (Å²) in [6.45, 7) is 0. The monoisotopic (exact) mass is 228 g/mol. The summed E-state index contributed by atoms with van der Waals surface area (Å²) in [6.07, 6.45) is 9.88. The second kappa shape index (κ2) is 5.40. The molecule has 88 valence electrons. The zero-order valence-electron chi connectivity index (χ0n) is 9.70. The van der Waals surface area contributed by atoms with E-state index in [1.807, 2.05) is 18.2 Å². The summed E-state index contributed by atoms with van der Waals surface area (Å²) >= 11 is 0. The first-order valence-corrected chi connectivity index (χ1v) is 5.92. The number of carbonyl (C=O) groups is 1. The van der Waals surface area contributed by atoms with Crippen molar-refractivity contribution in [1.29, 1.82) is 0 Å². The lowest BCUT2D eigenvalue weighted by Crippen LogP contribution is -2.36. The minimum absolute atomic E-state index is 0.147. The summed E-state index contributed by atoms with van der Waals surface area (Å²) in [5.41, 5.74) is 1.50. The minimum Gasteiger partial charge on any atom is -0.335 e. The Morgan fingerprint density at radius 1 is 1.35 bits per heavy atom. The highest BCUT2D eigenvalue weighted by Crippen LogP contribution is 2.17. The smallest absolute Gasteiger partial charge is 0.319 e. The molecule has 0 atom stereocenters. The predicted molar refractivity (Wildman–Crippen MR) is 68.8 cm³/mol. The molecule has 2 N–H and O–H groups in total. The lowest BCUT2D eigenvalue weighted by atomic mass is 10.2. The summed E-state index contributed by atoms with van der Waals surface area (Å²) in [5, 5.41) is 5.76. The van der Waals surface area contributed by atoms with Crippen molar-refractivity contribution in [2.75, 3.05) is 5.32 Å². The average Bonchev–Trinajstić information content (AvgIpc) is 2.82. The van der Waals surface area contributed by atoms with E-state index in [0.29, 0.717) is 6.04 Å². The Labute approximate surface area is 102 Å². The largest absolute Gasteiger partial charge is 0.335 e. The SMILES string of the molecule is C#Cc1cccc(NC(=O)NC2CCCC2)c1. The van der Waals surface area contributed by atoms with Crippen LogP contribution in [0.5, 0.6) is 0 Å². The fourth-order valence-electron chi connectivity index (χ4n) is 2.11. The van der Waals surface area contributed by atoms with E-state index < -0.39 is 0 Å². The normalized spacial score (nSPS) is 15.2. The van der Waals surface area contributed by atoms with Crippen LogP contribution in [0.3, 0.4) is 0 Å². The molecule has 1 aliphatic carbocycles. The fraction of sp³-hybridized carbons (Fsp3) is 0.357. The maximum atomic E-state index is 11.7. The lowest BCUT2D eigenvalue weighted by Gasteiger charge is -2.13. The zero-order valence-corrected chi connectivity index (χ0v) is 9.70. The number of rotatable bonds is 2. The van der Waals surface area contributed by atoms with Crippen molar-refractivity contribution in [3.8, 4) is 12.3 Å². The van der Waals surface area contributed by atoms with Crippen molar-refractivity contribution in [2.24, 2.45) is 0 Å². The van der Waals surface area contributed by atoms with Crippen LogP contribution >= 0.6 is 0 Å². The van der Waals surface area contributed by atoms with Crippen molar-refractivity contribution < 1.29 is 4.79 Å². The van der Waals surface area contributed by atoms with E-state index in [1.54, 1.807) is 6.07 Å². The highest BCUT2D eigenvalue weighted by atomic mass is 16.2. The zero-order chi connectivity index (χ0) is 12.1. The molecule has 3 heteroatoms. The second-order valence-corrected chi connectivity index (χ2v) is 4.30. The number of benzene rings is 1. The van der Waals surface area contributed by atoms with E-state index in [9.17, 15) is 4.79 Å². The van der Waals surface area contributed by atoms with Crippen molar-refractivity contribution in [1.82, 2.24) is 5.32 Å². The van der Waals surface area contributed by atoms with Gasteiger partial charge >= 0.3 is 6.03 Å². The third-order valence-corrected chi connectivity index (χ3v) is 2.98. The van der Waals surface area contributed by atoms with Gasteiger partial charge in [-0.3, -0.25) is 0 Å². The summed E-state index contributed by atoms with van der Waals surface area (Å²) in [6, 6.07) is 7.46. The molecule has 1 aromatic rings. The quantitative estimate of drug-likeness (QED) is 0.751. The van der Waals surface area contributed by atoms with Crippen LogP contribution in [-0.2, 0) is 0 Å². The molecule has 0 aromatic heterocycles. The van der Waals surface area contributed by atoms with Crippen LogP contribution in [0.1, 0.15) is 31.2 Å². The number of amides is 2. The second-order valence-electron chi connectivity index (χ2n) is 4.30. The van der Waals surface area contributed by atoms with Crippen LogP contribution in [0.2, 0.25) is 0 Å². The van der Waals surface area contributed by atoms with Gasteiger partial charge in [-0.2, -0.15) is 0 Å². The molecule has 0 spiro atoms. The van der Waals surface area contributed by atoms with Crippen molar-refractivity contribution in [3.63, 3.8) is 0 Å². The third kappa shape index (κ3) is 3.25. The number of nitrogens with one attached hydrogen (secondary N) is 2. The molecule has 3 nitrogen and oxygen atoms in total. The number of carbonyl (C=O) groups excluding carboxylic acids is 1. The van der Waals surface area contributed by atoms with Gasteiger partial charge in [-0.25, -0.2) is 4.79 Å². The van der Waals surface area contributed by atoms with Crippen LogP contribution < -0.4 is 10.6 Å². The Morgan fingerprint density at radius 3 is 2.82 bits per heavy atom. The molecular weight excluding hydrogens is 212 g/mol. The van der Waals surface area contributed by atoms with Crippen LogP contribution in [0.15, 0.2) is 24.3 Å².